The van der Waals surface area contributed by atoms with Crippen LogP contribution in [-0.4, -0.2) is 38.9 Å². The zero-order chi connectivity index (χ0) is 22.3. The van der Waals surface area contributed by atoms with Crippen LogP contribution in [-0.2, 0) is 13.1 Å². The average molecular weight is 425 g/mol. The Kier molecular flexibility index (Phi) is 6.36. The molecule has 0 saturated carbocycles. The van der Waals surface area contributed by atoms with Crippen molar-refractivity contribution in [2.75, 3.05) is 7.05 Å². The van der Waals surface area contributed by atoms with Crippen LogP contribution in [0, 0.1) is 0 Å². The maximum atomic E-state index is 13.0. The first-order valence-corrected chi connectivity index (χ1v) is 10.2. The Labute approximate surface area is 186 Å². The van der Waals surface area contributed by atoms with Gasteiger partial charge in [0.15, 0.2) is 0 Å². The summed E-state index contributed by atoms with van der Waals surface area (Å²) in [6, 6.07) is 22.7. The monoisotopic (exact) mass is 425 g/mol. The predicted octanol–water partition coefficient (Wildman–Crippen LogP) is 3.67. The van der Waals surface area contributed by atoms with E-state index in [1.54, 1.807) is 42.5 Å². The smallest absolute Gasteiger partial charge is 0.270 e. The number of aromatic amines is 1. The van der Waals surface area contributed by atoms with E-state index in [9.17, 15) is 9.59 Å². The van der Waals surface area contributed by atoms with E-state index < -0.39 is 0 Å². The SMILES string of the molecule is CN(Cc1ccccc1)C(=O)c1cn[nH]c1-c1ccc(CNC(=O)c2ccccn2)cc1. The number of rotatable bonds is 7. The van der Waals surface area contributed by atoms with Gasteiger partial charge in [0.2, 0.25) is 0 Å². The molecule has 2 heterocycles. The first-order valence-electron chi connectivity index (χ1n) is 10.2. The second kappa shape index (κ2) is 9.70. The number of benzene rings is 2. The molecular formula is C25H23N5O2. The van der Waals surface area contributed by atoms with Crippen LogP contribution in [0.25, 0.3) is 11.3 Å². The lowest BCUT2D eigenvalue weighted by atomic mass is 10.0. The van der Waals surface area contributed by atoms with Crippen molar-refractivity contribution in [1.29, 1.82) is 0 Å². The fraction of sp³-hybridized carbons (Fsp3) is 0.120. The molecule has 4 aromatic rings. The van der Waals surface area contributed by atoms with Crippen LogP contribution in [0.15, 0.2) is 85.2 Å². The first kappa shape index (κ1) is 21.0. The fourth-order valence-corrected chi connectivity index (χ4v) is 3.36. The van der Waals surface area contributed by atoms with Gasteiger partial charge in [-0.25, -0.2) is 0 Å². The standard InChI is InChI=1S/C25H23N5O2/c1-30(17-19-7-3-2-4-8-19)25(32)21-16-28-29-23(21)20-12-10-18(11-13-20)15-27-24(31)22-9-5-6-14-26-22/h2-14,16H,15,17H2,1H3,(H,27,31)(H,28,29). The second-order valence-corrected chi connectivity index (χ2v) is 7.40. The Morgan fingerprint density at radius 2 is 1.69 bits per heavy atom. The highest BCUT2D eigenvalue weighted by atomic mass is 16.2. The first-order chi connectivity index (χ1) is 15.6. The largest absolute Gasteiger partial charge is 0.347 e. The Bertz CT molecular complexity index is 1190. The van der Waals surface area contributed by atoms with Gasteiger partial charge < -0.3 is 10.2 Å². The molecule has 2 aromatic carbocycles. The van der Waals surface area contributed by atoms with E-state index >= 15 is 0 Å². The van der Waals surface area contributed by atoms with E-state index in [0.29, 0.717) is 30.0 Å². The number of hydrogen-bond donors (Lipinski definition) is 2. The molecule has 0 aliphatic heterocycles. The van der Waals surface area contributed by atoms with Crippen LogP contribution in [0.4, 0.5) is 0 Å². The van der Waals surface area contributed by atoms with Gasteiger partial charge in [-0.05, 0) is 23.3 Å². The molecule has 4 rings (SSSR count). The van der Waals surface area contributed by atoms with Gasteiger partial charge >= 0.3 is 0 Å². The second-order valence-electron chi connectivity index (χ2n) is 7.40. The van der Waals surface area contributed by atoms with Crippen LogP contribution in [0.5, 0.6) is 0 Å². The minimum atomic E-state index is -0.224. The third-order valence-electron chi connectivity index (χ3n) is 5.07. The van der Waals surface area contributed by atoms with E-state index in [-0.39, 0.29) is 11.8 Å². The van der Waals surface area contributed by atoms with E-state index in [4.69, 9.17) is 0 Å². The van der Waals surface area contributed by atoms with Gasteiger partial charge in [0.05, 0.1) is 17.5 Å². The van der Waals surface area contributed by atoms with Crippen LogP contribution in [0.1, 0.15) is 32.0 Å². The van der Waals surface area contributed by atoms with Crippen molar-refractivity contribution >= 4 is 11.8 Å². The fourth-order valence-electron chi connectivity index (χ4n) is 3.36. The number of carbonyl (C=O) groups excluding carboxylic acids is 2. The highest BCUT2D eigenvalue weighted by Gasteiger charge is 2.19. The summed E-state index contributed by atoms with van der Waals surface area (Å²) in [6.45, 7) is 0.892. The summed E-state index contributed by atoms with van der Waals surface area (Å²) in [5.74, 6) is -0.332. The maximum Gasteiger partial charge on any atom is 0.270 e. The zero-order valence-corrected chi connectivity index (χ0v) is 17.7. The highest BCUT2D eigenvalue weighted by molar-refractivity contribution is 5.99. The summed E-state index contributed by atoms with van der Waals surface area (Å²) >= 11 is 0. The molecule has 0 saturated heterocycles. The molecule has 2 N–H and O–H groups in total. The van der Waals surface area contributed by atoms with Crippen LogP contribution < -0.4 is 5.32 Å². The molecule has 2 aromatic heterocycles. The van der Waals surface area contributed by atoms with E-state index in [0.717, 1.165) is 16.7 Å². The lowest BCUT2D eigenvalue weighted by molar-refractivity contribution is 0.0785. The normalized spacial score (nSPS) is 10.5. The van der Waals surface area contributed by atoms with Gasteiger partial charge in [0.25, 0.3) is 11.8 Å². The van der Waals surface area contributed by atoms with E-state index in [1.165, 1.54) is 0 Å². The van der Waals surface area contributed by atoms with E-state index in [1.807, 2.05) is 54.6 Å². The lowest BCUT2D eigenvalue weighted by Gasteiger charge is -2.17. The molecule has 0 aliphatic carbocycles. The van der Waals surface area contributed by atoms with Crippen molar-refractivity contribution in [3.63, 3.8) is 0 Å². The van der Waals surface area contributed by atoms with Crippen molar-refractivity contribution in [3.8, 4) is 11.3 Å². The molecule has 0 fully saturated rings. The summed E-state index contributed by atoms with van der Waals surface area (Å²) in [6.07, 6.45) is 3.14. The molecule has 0 radical (unpaired) electrons. The number of pyridine rings is 1. The minimum absolute atomic E-state index is 0.107. The van der Waals surface area contributed by atoms with Gasteiger partial charge in [0.1, 0.15) is 5.69 Å². The van der Waals surface area contributed by atoms with Gasteiger partial charge in [-0.2, -0.15) is 5.10 Å². The lowest BCUT2D eigenvalue weighted by Crippen LogP contribution is -2.26. The molecule has 0 spiro atoms. The van der Waals surface area contributed by atoms with Crippen molar-refractivity contribution in [2.24, 2.45) is 0 Å². The van der Waals surface area contributed by atoms with Crippen molar-refractivity contribution in [3.05, 3.63) is 108 Å². The third kappa shape index (κ3) is 4.89. The predicted molar refractivity (Wildman–Crippen MR) is 122 cm³/mol. The number of hydrogen-bond acceptors (Lipinski definition) is 4. The number of nitrogens with one attached hydrogen (secondary N) is 2. The quantitative estimate of drug-likeness (QED) is 0.473. The Hall–Kier alpha value is -4.26. The molecule has 160 valence electrons. The molecule has 2 amide bonds. The van der Waals surface area contributed by atoms with Crippen LogP contribution in [0.3, 0.4) is 0 Å². The molecule has 32 heavy (non-hydrogen) atoms. The zero-order valence-electron chi connectivity index (χ0n) is 17.7. The molecule has 7 heteroatoms. The minimum Gasteiger partial charge on any atom is -0.347 e. The summed E-state index contributed by atoms with van der Waals surface area (Å²) in [7, 11) is 1.78. The maximum absolute atomic E-state index is 13.0. The number of H-pyrrole nitrogens is 1. The summed E-state index contributed by atoms with van der Waals surface area (Å²) in [5.41, 5.74) is 4.40. The van der Waals surface area contributed by atoms with Gasteiger partial charge in [-0.1, -0.05) is 60.7 Å². The molecule has 0 atom stereocenters. The summed E-state index contributed by atoms with van der Waals surface area (Å²) in [5, 5.41) is 9.88. The molecule has 0 bridgehead atoms. The summed E-state index contributed by atoms with van der Waals surface area (Å²) < 4.78 is 0. The molecular weight excluding hydrogens is 402 g/mol. The topological polar surface area (TPSA) is 91.0 Å². The average Bonchev–Trinajstić information content (AvgIpc) is 3.33. The number of aromatic nitrogens is 3. The summed E-state index contributed by atoms with van der Waals surface area (Å²) in [4.78, 5) is 30.9. The van der Waals surface area contributed by atoms with Crippen LogP contribution in [0.2, 0.25) is 0 Å². The third-order valence-corrected chi connectivity index (χ3v) is 5.07. The Morgan fingerprint density at radius 3 is 2.41 bits per heavy atom. The van der Waals surface area contributed by atoms with Crippen molar-refractivity contribution in [1.82, 2.24) is 25.4 Å². The molecule has 0 unspecified atom stereocenters. The molecule has 0 aliphatic rings. The van der Waals surface area contributed by atoms with Crippen LogP contribution >= 0.6 is 0 Å². The number of nitrogens with zero attached hydrogens (tertiary/aromatic N) is 3. The van der Waals surface area contributed by atoms with Crippen molar-refractivity contribution < 1.29 is 9.59 Å². The van der Waals surface area contributed by atoms with Gasteiger partial charge in [0, 0.05) is 31.9 Å². The Morgan fingerprint density at radius 1 is 0.938 bits per heavy atom. The molecule has 7 nitrogen and oxygen atoms in total. The van der Waals surface area contributed by atoms with Gasteiger partial charge in [-0.3, -0.25) is 19.7 Å². The van der Waals surface area contributed by atoms with Gasteiger partial charge in [-0.15, -0.1) is 0 Å². The highest BCUT2D eigenvalue weighted by Crippen LogP contribution is 2.23. The van der Waals surface area contributed by atoms with E-state index in [2.05, 4.69) is 20.5 Å². The number of amides is 2. The van der Waals surface area contributed by atoms with Crippen molar-refractivity contribution in [2.45, 2.75) is 13.1 Å². The number of carbonyl (C=O) groups is 2. The Balaban J connectivity index is 1.42.